The predicted molar refractivity (Wildman–Crippen MR) is 72.1 cm³/mol. The monoisotopic (exact) mass is 214 g/mol. The maximum absolute atomic E-state index is 5.15. The van der Waals surface area contributed by atoms with Crippen LogP contribution in [0.1, 0.15) is 54.9 Å². The molecule has 0 radical (unpaired) electrons. The van der Waals surface area contributed by atoms with Crippen molar-refractivity contribution in [3.63, 3.8) is 0 Å². The van der Waals surface area contributed by atoms with Crippen LogP contribution in [0.2, 0.25) is 0 Å². The molecule has 1 atom stereocenters. The van der Waals surface area contributed by atoms with Crippen LogP contribution in [0.4, 0.5) is 0 Å². The van der Waals surface area contributed by atoms with E-state index in [-0.39, 0.29) is 0 Å². The van der Waals surface area contributed by atoms with Crippen molar-refractivity contribution in [2.45, 2.75) is 54.9 Å². The maximum Gasteiger partial charge on any atom is 0.117 e. The Morgan fingerprint density at radius 2 is 1.67 bits per heavy atom. The molecule has 0 aliphatic heterocycles. The van der Waals surface area contributed by atoms with Gasteiger partial charge < -0.3 is 4.74 Å². The standard InChI is InChI=1S/C10H18O.2C2H6/c1-6-8(3)9(4)10(7-2)11-5;2*1-2/h7-8H,2,6H2,1,3-5H3;2*1-2H3/b10-9+;;. The maximum atomic E-state index is 5.15. The highest BCUT2D eigenvalue weighted by Crippen LogP contribution is 2.18. The molecule has 1 nitrogen and oxygen atoms in total. The van der Waals surface area contributed by atoms with Gasteiger partial charge in [0.05, 0.1) is 7.11 Å². The average molecular weight is 214 g/mol. The molecule has 1 heteroatoms. The Balaban J connectivity index is -0.000000318. The summed E-state index contributed by atoms with van der Waals surface area (Å²) in [4.78, 5) is 0. The van der Waals surface area contributed by atoms with Crippen molar-refractivity contribution in [2.75, 3.05) is 7.11 Å². The SMILES string of the molecule is C=C/C(OC)=C(/C)C(C)CC.CC.CC. The van der Waals surface area contributed by atoms with Crippen LogP contribution in [0.15, 0.2) is 24.0 Å². The van der Waals surface area contributed by atoms with E-state index in [0.717, 1.165) is 12.2 Å². The highest BCUT2D eigenvalue weighted by Gasteiger charge is 2.05. The van der Waals surface area contributed by atoms with Crippen molar-refractivity contribution >= 4 is 0 Å². The Morgan fingerprint density at radius 3 is 1.87 bits per heavy atom. The second kappa shape index (κ2) is 15.7. The van der Waals surface area contributed by atoms with Crippen LogP contribution >= 0.6 is 0 Å². The van der Waals surface area contributed by atoms with Crippen molar-refractivity contribution in [3.8, 4) is 0 Å². The predicted octanol–water partition coefficient (Wildman–Crippen LogP) is 5.19. The van der Waals surface area contributed by atoms with Gasteiger partial charge in [0, 0.05) is 0 Å². The molecule has 0 fully saturated rings. The summed E-state index contributed by atoms with van der Waals surface area (Å²) in [6, 6.07) is 0. The molecule has 0 N–H and O–H groups in total. The van der Waals surface area contributed by atoms with E-state index < -0.39 is 0 Å². The molecular weight excluding hydrogens is 184 g/mol. The third-order valence-corrected chi connectivity index (χ3v) is 2.15. The lowest BCUT2D eigenvalue weighted by Gasteiger charge is -2.12. The van der Waals surface area contributed by atoms with Crippen LogP contribution < -0.4 is 0 Å². The molecule has 0 aromatic carbocycles. The molecule has 0 bridgehead atoms. The Labute approximate surface area is 97.2 Å². The number of hydrogen-bond donors (Lipinski definition) is 0. The van der Waals surface area contributed by atoms with Crippen molar-refractivity contribution in [2.24, 2.45) is 5.92 Å². The minimum absolute atomic E-state index is 0.586. The van der Waals surface area contributed by atoms with E-state index in [4.69, 9.17) is 4.74 Å². The van der Waals surface area contributed by atoms with Gasteiger partial charge in [0.1, 0.15) is 5.76 Å². The van der Waals surface area contributed by atoms with E-state index in [0.29, 0.717) is 5.92 Å². The van der Waals surface area contributed by atoms with Gasteiger partial charge in [0.15, 0.2) is 0 Å². The Kier molecular flexibility index (Phi) is 20.8. The molecule has 0 rings (SSSR count). The normalized spacial score (nSPS) is 12.0. The van der Waals surface area contributed by atoms with Crippen molar-refractivity contribution in [1.29, 1.82) is 0 Å². The van der Waals surface area contributed by atoms with Crippen LogP contribution in [0.3, 0.4) is 0 Å². The highest BCUT2D eigenvalue weighted by molar-refractivity contribution is 5.18. The average Bonchev–Trinajstić information content (AvgIpc) is 2.34. The minimum atomic E-state index is 0.586. The van der Waals surface area contributed by atoms with Crippen molar-refractivity contribution in [1.82, 2.24) is 0 Å². The Hall–Kier alpha value is -0.720. The van der Waals surface area contributed by atoms with Gasteiger partial charge >= 0.3 is 0 Å². The van der Waals surface area contributed by atoms with Crippen LogP contribution in [0.25, 0.3) is 0 Å². The summed E-state index contributed by atoms with van der Waals surface area (Å²) in [5.74, 6) is 1.50. The summed E-state index contributed by atoms with van der Waals surface area (Å²) in [6.45, 7) is 18.1. The van der Waals surface area contributed by atoms with Gasteiger partial charge in [0.25, 0.3) is 0 Å². The minimum Gasteiger partial charge on any atom is -0.497 e. The highest BCUT2D eigenvalue weighted by atomic mass is 16.5. The number of hydrogen-bond acceptors (Lipinski definition) is 1. The first-order valence-electron chi connectivity index (χ1n) is 6.04. The van der Waals surface area contributed by atoms with E-state index in [9.17, 15) is 0 Å². The molecular formula is C14H30O. The Bertz CT molecular complexity index is 157. The van der Waals surface area contributed by atoms with E-state index in [1.807, 2.05) is 27.7 Å². The zero-order chi connectivity index (χ0) is 12.9. The first-order valence-corrected chi connectivity index (χ1v) is 6.04. The van der Waals surface area contributed by atoms with E-state index in [2.05, 4.69) is 27.4 Å². The van der Waals surface area contributed by atoms with Gasteiger partial charge in [-0.1, -0.05) is 48.1 Å². The number of allylic oxidation sites excluding steroid dienone is 2. The molecule has 0 amide bonds. The van der Waals surface area contributed by atoms with Gasteiger partial charge in [0.2, 0.25) is 0 Å². The topological polar surface area (TPSA) is 9.23 Å². The number of methoxy groups -OCH3 is 1. The van der Waals surface area contributed by atoms with E-state index in [1.54, 1.807) is 13.2 Å². The molecule has 0 heterocycles. The zero-order valence-electron chi connectivity index (χ0n) is 12.0. The lowest BCUT2D eigenvalue weighted by molar-refractivity contribution is 0.297. The molecule has 0 aromatic heterocycles. The molecule has 15 heavy (non-hydrogen) atoms. The second-order valence-corrected chi connectivity index (χ2v) is 2.76. The fraction of sp³-hybridized carbons (Fsp3) is 0.714. The number of rotatable bonds is 4. The first kappa shape index (κ1) is 19.8. The molecule has 0 aliphatic carbocycles. The summed E-state index contributed by atoms with van der Waals surface area (Å²) in [5, 5.41) is 0. The summed E-state index contributed by atoms with van der Waals surface area (Å²) in [6.07, 6.45) is 2.91. The van der Waals surface area contributed by atoms with Crippen molar-refractivity contribution in [3.05, 3.63) is 24.0 Å². The molecule has 0 spiro atoms. The molecule has 1 unspecified atom stereocenters. The lowest BCUT2D eigenvalue weighted by Crippen LogP contribution is -1.98. The second-order valence-electron chi connectivity index (χ2n) is 2.76. The third kappa shape index (κ3) is 9.58. The summed E-state index contributed by atoms with van der Waals surface area (Å²) in [5.41, 5.74) is 1.28. The lowest BCUT2D eigenvalue weighted by atomic mass is 9.99. The molecule has 0 saturated carbocycles. The van der Waals surface area contributed by atoms with Crippen LogP contribution in [0, 0.1) is 5.92 Å². The fourth-order valence-corrected chi connectivity index (χ4v) is 0.954. The molecule has 0 saturated heterocycles. The van der Waals surface area contributed by atoms with Crippen LogP contribution in [-0.2, 0) is 4.74 Å². The van der Waals surface area contributed by atoms with Gasteiger partial charge in [-0.15, -0.1) is 0 Å². The smallest absolute Gasteiger partial charge is 0.117 e. The summed E-state index contributed by atoms with van der Waals surface area (Å²) >= 11 is 0. The summed E-state index contributed by atoms with van der Waals surface area (Å²) in [7, 11) is 1.68. The van der Waals surface area contributed by atoms with E-state index in [1.165, 1.54) is 5.57 Å². The van der Waals surface area contributed by atoms with Crippen LogP contribution in [-0.4, -0.2) is 7.11 Å². The van der Waals surface area contributed by atoms with Gasteiger partial charge in [-0.25, -0.2) is 0 Å². The number of ether oxygens (including phenoxy) is 1. The van der Waals surface area contributed by atoms with Gasteiger partial charge in [-0.3, -0.25) is 0 Å². The third-order valence-electron chi connectivity index (χ3n) is 2.15. The van der Waals surface area contributed by atoms with Crippen LogP contribution in [0.5, 0.6) is 0 Å². The Morgan fingerprint density at radius 1 is 1.27 bits per heavy atom. The molecule has 0 aromatic rings. The quantitative estimate of drug-likeness (QED) is 0.462. The summed E-state index contributed by atoms with van der Waals surface area (Å²) < 4.78 is 5.15. The first-order chi connectivity index (χ1) is 7.17. The zero-order valence-corrected chi connectivity index (χ0v) is 12.0. The van der Waals surface area contributed by atoms with Gasteiger partial charge in [-0.05, 0) is 30.9 Å². The van der Waals surface area contributed by atoms with E-state index >= 15 is 0 Å². The fourth-order valence-electron chi connectivity index (χ4n) is 0.954. The largest absolute Gasteiger partial charge is 0.497 e. The molecule has 92 valence electrons. The van der Waals surface area contributed by atoms with Gasteiger partial charge in [-0.2, -0.15) is 0 Å². The molecule has 0 aliphatic rings. The van der Waals surface area contributed by atoms with Crippen molar-refractivity contribution < 1.29 is 4.74 Å².